The minimum atomic E-state index is -4.88. The summed E-state index contributed by atoms with van der Waals surface area (Å²) < 4.78 is 55.8. The van der Waals surface area contributed by atoms with Gasteiger partial charge in [-0.15, -0.1) is 0 Å². The van der Waals surface area contributed by atoms with Gasteiger partial charge in [0.1, 0.15) is 5.82 Å². The van der Waals surface area contributed by atoms with Gasteiger partial charge >= 0.3 is 6.18 Å². The van der Waals surface area contributed by atoms with E-state index in [1.54, 1.807) is 0 Å². The van der Waals surface area contributed by atoms with Crippen LogP contribution in [0.2, 0.25) is 0 Å². The number of methoxy groups -OCH3 is 1. The fourth-order valence-corrected chi connectivity index (χ4v) is 1.70. The van der Waals surface area contributed by atoms with Gasteiger partial charge < -0.3 is 14.7 Å². The molecule has 1 N–H and O–H groups in total. The van der Waals surface area contributed by atoms with Crippen LogP contribution in [0.25, 0.3) is 0 Å². The van der Waals surface area contributed by atoms with Crippen LogP contribution < -0.4 is 0 Å². The Morgan fingerprint density at radius 2 is 2.00 bits per heavy atom. The predicted octanol–water partition coefficient (Wildman–Crippen LogP) is 1.93. The molecule has 4 nitrogen and oxygen atoms in total. The number of amides is 1. The van der Waals surface area contributed by atoms with Crippen LogP contribution in [0.15, 0.2) is 18.2 Å². The number of nitrogens with zero attached hydrogens (tertiary/aromatic N) is 1. The fourth-order valence-electron chi connectivity index (χ4n) is 1.70. The third-order valence-corrected chi connectivity index (χ3v) is 2.74. The van der Waals surface area contributed by atoms with E-state index in [4.69, 9.17) is 9.84 Å². The van der Waals surface area contributed by atoms with Crippen molar-refractivity contribution in [3.05, 3.63) is 35.1 Å². The van der Waals surface area contributed by atoms with E-state index in [9.17, 15) is 22.4 Å². The largest absolute Gasteiger partial charge is 0.419 e. The molecule has 21 heavy (non-hydrogen) atoms. The average Bonchev–Trinajstić information content (AvgIpc) is 2.42. The van der Waals surface area contributed by atoms with E-state index >= 15 is 0 Å². The van der Waals surface area contributed by atoms with E-state index in [1.807, 2.05) is 0 Å². The first kappa shape index (κ1) is 17.4. The Bertz CT molecular complexity index is 491. The van der Waals surface area contributed by atoms with Crippen molar-refractivity contribution in [3.8, 4) is 0 Å². The highest BCUT2D eigenvalue weighted by Gasteiger charge is 2.35. The van der Waals surface area contributed by atoms with Gasteiger partial charge in [-0.1, -0.05) is 0 Å². The summed E-state index contributed by atoms with van der Waals surface area (Å²) in [6.07, 6.45) is -4.88. The molecule has 118 valence electrons. The van der Waals surface area contributed by atoms with Gasteiger partial charge in [0.15, 0.2) is 0 Å². The van der Waals surface area contributed by atoms with Crippen molar-refractivity contribution in [2.75, 3.05) is 33.4 Å². The van der Waals surface area contributed by atoms with Crippen molar-refractivity contribution in [3.63, 3.8) is 0 Å². The molecule has 0 aliphatic rings. The Hall–Kier alpha value is -1.67. The zero-order valence-electron chi connectivity index (χ0n) is 11.3. The van der Waals surface area contributed by atoms with Gasteiger partial charge in [0.25, 0.3) is 5.91 Å². The van der Waals surface area contributed by atoms with Crippen molar-refractivity contribution in [2.24, 2.45) is 0 Å². The summed E-state index contributed by atoms with van der Waals surface area (Å²) in [4.78, 5) is 13.2. The van der Waals surface area contributed by atoms with Gasteiger partial charge in [0, 0.05) is 25.8 Å². The number of alkyl halides is 3. The Morgan fingerprint density at radius 1 is 1.33 bits per heavy atom. The van der Waals surface area contributed by atoms with Gasteiger partial charge in [-0.05, 0) is 18.2 Å². The average molecular weight is 309 g/mol. The number of carbonyl (C=O) groups excluding carboxylic acids is 1. The molecule has 0 unspecified atom stereocenters. The van der Waals surface area contributed by atoms with Gasteiger partial charge in [-0.3, -0.25) is 4.79 Å². The van der Waals surface area contributed by atoms with Crippen LogP contribution in [0.3, 0.4) is 0 Å². The zero-order valence-corrected chi connectivity index (χ0v) is 11.3. The first-order valence-electron chi connectivity index (χ1n) is 6.07. The Kier molecular flexibility index (Phi) is 6.10. The summed E-state index contributed by atoms with van der Waals surface area (Å²) >= 11 is 0. The molecule has 0 atom stereocenters. The van der Waals surface area contributed by atoms with Crippen LogP contribution in [-0.2, 0) is 10.9 Å². The van der Waals surface area contributed by atoms with Crippen molar-refractivity contribution in [1.29, 1.82) is 0 Å². The van der Waals surface area contributed by atoms with E-state index in [0.717, 1.165) is 11.0 Å². The van der Waals surface area contributed by atoms with Crippen LogP contribution in [0, 0.1) is 5.82 Å². The molecule has 1 aromatic carbocycles. The molecule has 0 bridgehead atoms. The highest BCUT2D eigenvalue weighted by atomic mass is 19.4. The molecule has 0 saturated heterocycles. The van der Waals surface area contributed by atoms with E-state index in [-0.39, 0.29) is 31.9 Å². The van der Waals surface area contributed by atoms with Gasteiger partial charge in [0.2, 0.25) is 0 Å². The maximum Gasteiger partial charge on any atom is 0.419 e. The molecule has 1 amide bonds. The van der Waals surface area contributed by atoms with E-state index in [1.165, 1.54) is 7.11 Å². The number of carbonyl (C=O) groups is 1. The van der Waals surface area contributed by atoms with Crippen LogP contribution >= 0.6 is 0 Å². The van der Waals surface area contributed by atoms with Gasteiger partial charge in [-0.2, -0.15) is 13.2 Å². The first-order chi connectivity index (χ1) is 9.81. The number of halogens is 4. The van der Waals surface area contributed by atoms with Crippen LogP contribution in [0.4, 0.5) is 17.6 Å². The molecule has 8 heteroatoms. The smallest absolute Gasteiger partial charge is 0.395 e. The van der Waals surface area contributed by atoms with Gasteiger partial charge in [0.05, 0.1) is 18.8 Å². The lowest BCUT2D eigenvalue weighted by Gasteiger charge is -2.22. The summed E-state index contributed by atoms with van der Waals surface area (Å²) in [5.74, 6) is -2.17. The van der Waals surface area contributed by atoms with Crippen molar-refractivity contribution in [2.45, 2.75) is 6.18 Å². The molecular weight excluding hydrogens is 294 g/mol. The predicted molar refractivity (Wildman–Crippen MR) is 66.3 cm³/mol. The van der Waals surface area contributed by atoms with E-state index < -0.39 is 23.5 Å². The number of hydrogen-bond acceptors (Lipinski definition) is 3. The second-order valence-electron chi connectivity index (χ2n) is 4.20. The minimum Gasteiger partial charge on any atom is -0.395 e. The Labute approximate surface area is 118 Å². The Morgan fingerprint density at radius 3 is 2.52 bits per heavy atom. The van der Waals surface area contributed by atoms with E-state index in [2.05, 4.69) is 0 Å². The van der Waals surface area contributed by atoms with Crippen LogP contribution in [0.1, 0.15) is 15.9 Å². The maximum absolute atomic E-state index is 13.2. The normalized spacial score (nSPS) is 11.5. The fraction of sp³-hybridized carbons (Fsp3) is 0.462. The minimum absolute atomic E-state index is 0.0546. The lowest BCUT2D eigenvalue weighted by molar-refractivity contribution is -0.140. The number of benzene rings is 1. The summed E-state index contributed by atoms with van der Waals surface area (Å²) in [5.41, 5.74) is -1.79. The highest BCUT2D eigenvalue weighted by Crippen LogP contribution is 2.32. The molecule has 0 fully saturated rings. The molecule has 1 aromatic rings. The molecule has 0 aliphatic heterocycles. The third-order valence-electron chi connectivity index (χ3n) is 2.74. The summed E-state index contributed by atoms with van der Waals surface area (Å²) in [6.45, 7) is -0.128. The van der Waals surface area contributed by atoms with Crippen molar-refractivity contribution >= 4 is 5.91 Å². The summed E-state index contributed by atoms with van der Waals surface area (Å²) in [5, 5.41) is 8.89. The molecular formula is C13H15F4NO3. The molecule has 1 rings (SSSR count). The van der Waals surface area contributed by atoms with Crippen molar-refractivity contribution in [1.82, 2.24) is 4.90 Å². The van der Waals surface area contributed by atoms with Crippen molar-refractivity contribution < 1.29 is 32.2 Å². The lowest BCUT2D eigenvalue weighted by atomic mass is 10.1. The number of hydrogen-bond donors (Lipinski definition) is 1. The number of aliphatic hydroxyl groups excluding tert-OH is 1. The SMILES string of the molecule is COCCN(CCO)C(=O)c1ccc(F)c(C(F)(F)F)c1. The highest BCUT2D eigenvalue weighted by molar-refractivity contribution is 5.94. The number of aliphatic hydroxyl groups is 1. The molecule has 0 radical (unpaired) electrons. The van der Waals surface area contributed by atoms with Gasteiger partial charge in [-0.25, -0.2) is 4.39 Å². The molecule has 0 spiro atoms. The van der Waals surface area contributed by atoms with E-state index in [0.29, 0.717) is 12.1 Å². The summed E-state index contributed by atoms with van der Waals surface area (Å²) in [7, 11) is 1.40. The number of ether oxygens (including phenoxy) is 1. The second-order valence-corrected chi connectivity index (χ2v) is 4.20. The number of rotatable bonds is 6. The first-order valence-corrected chi connectivity index (χ1v) is 6.07. The lowest BCUT2D eigenvalue weighted by Crippen LogP contribution is -2.36. The Balaban J connectivity index is 3.05. The standard InChI is InChI=1S/C13H15F4NO3/c1-21-7-5-18(4-6-19)12(20)9-2-3-11(14)10(8-9)13(15,16)17/h2-3,8,19H,4-7H2,1H3. The second kappa shape index (κ2) is 7.37. The molecule has 0 aliphatic carbocycles. The zero-order chi connectivity index (χ0) is 16.0. The summed E-state index contributed by atoms with van der Waals surface area (Å²) in [6, 6.07) is 2.04. The third kappa shape index (κ3) is 4.68. The maximum atomic E-state index is 13.2. The van der Waals surface area contributed by atoms with Crippen LogP contribution in [0.5, 0.6) is 0 Å². The molecule has 0 saturated carbocycles. The topological polar surface area (TPSA) is 49.8 Å². The quantitative estimate of drug-likeness (QED) is 0.817. The monoisotopic (exact) mass is 309 g/mol. The molecule has 0 aromatic heterocycles. The molecule has 0 heterocycles. The van der Waals surface area contributed by atoms with Crippen LogP contribution in [-0.4, -0.2) is 49.3 Å².